The van der Waals surface area contributed by atoms with Gasteiger partial charge in [-0.2, -0.15) is 0 Å². The Kier molecular flexibility index (Phi) is 8.14. The van der Waals surface area contributed by atoms with Gasteiger partial charge in [0.25, 0.3) is 0 Å². The minimum Gasteiger partial charge on any atom is -0.512 e. The van der Waals surface area contributed by atoms with Crippen LogP contribution in [0.2, 0.25) is 0 Å². The Morgan fingerprint density at radius 2 is 1.72 bits per heavy atom. The Bertz CT molecular complexity index is 1840. The van der Waals surface area contributed by atoms with Crippen molar-refractivity contribution < 1.29 is 38.8 Å². The minimum atomic E-state index is -0.125. The van der Waals surface area contributed by atoms with Crippen molar-refractivity contribution in [3.05, 3.63) is 95.5 Å². The number of hydrogen-bond acceptors (Lipinski definition) is 6. The summed E-state index contributed by atoms with van der Waals surface area (Å²) in [6.45, 7) is 9.02. The number of allylic oxidation sites excluding steroid dienone is 2. The monoisotopic (exact) mass is 696 g/mol. The third-order valence-corrected chi connectivity index (χ3v) is 6.24. The molecule has 6 rings (SSSR count). The summed E-state index contributed by atoms with van der Waals surface area (Å²) in [6, 6.07) is 21.7. The van der Waals surface area contributed by atoms with Gasteiger partial charge in [-0.25, -0.2) is 4.98 Å². The van der Waals surface area contributed by atoms with Gasteiger partial charge in [0.05, 0.1) is 17.5 Å². The van der Waals surface area contributed by atoms with Gasteiger partial charge < -0.3 is 18.9 Å². The molecule has 0 spiro atoms. The van der Waals surface area contributed by atoms with Gasteiger partial charge in [0.2, 0.25) is 5.71 Å². The van der Waals surface area contributed by atoms with Crippen molar-refractivity contribution in [1.29, 1.82) is 0 Å². The quantitative estimate of drug-likeness (QED) is 0.114. The first-order valence-corrected chi connectivity index (χ1v) is 12.3. The second-order valence-electron chi connectivity index (χ2n) is 9.38. The molecule has 0 bridgehead atoms. The molecular formula is C32H27IrN2O4-. The molecule has 1 radical (unpaired) electrons. The van der Waals surface area contributed by atoms with E-state index in [4.69, 9.17) is 13.9 Å². The third-order valence-electron chi connectivity index (χ3n) is 6.24. The molecule has 0 aliphatic rings. The largest absolute Gasteiger partial charge is 0.512 e. The van der Waals surface area contributed by atoms with Crippen LogP contribution in [-0.2, 0) is 24.9 Å². The summed E-state index contributed by atoms with van der Waals surface area (Å²) in [5, 5.41) is 11.4. The van der Waals surface area contributed by atoms with Gasteiger partial charge >= 0.3 is 0 Å². The first kappa shape index (κ1) is 28.0. The molecule has 4 heterocycles. The molecular weight excluding hydrogens is 669 g/mol. The first-order valence-electron chi connectivity index (χ1n) is 12.3. The number of nitrogens with zero attached hydrogens (tertiary/aromatic N) is 2. The van der Waals surface area contributed by atoms with Gasteiger partial charge in [0.15, 0.2) is 11.4 Å². The molecule has 39 heavy (non-hydrogen) atoms. The topological polar surface area (TPSA) is 89.4 Å². The van der Waals surface area contributed by atoms with Gasteiger partial charge in [0.1, 0.15) is 5.76 Å². The van der Waals surface area contributed by atoms with E-state index in [0.29, 0.717) is 5.71 Å². The van der Waals surface area contributed by atoms with Crippen LogP contribution in [-0.4, -0.2) is 20.9 Å². The Labute approximate surface area is 239 Å². The Morgan fingerprint density at radius 1 is 0.974 bits per heavy atom. The molecule has 0 saturated carbocycles. The van der Waals surface area contributed by atoms with E-state index in [2.05, 4.69) is 60.2 Å². The van der Waals surface area contributed by atoms with Crippen LogP contribution in [0.5, 0.6) is 0 Å². The molecule has 2 aromatic carbocycles. The van der Waals surface area contributed by atoms with Gasteiger partial charge in [-0.1, -0.05) is 35.2 Å². The Morgan fingerprint density at radius 3 is 2.38 bits per heavy atom. The number of rotatable bonds is 3. The smallest absolute Gasteiger partial charge is 0.216 e. The zero-order valence-electron chi connectivity index (χ0n) is 22.3. The van der Waals surface area contributed by atoms with Crippen LogP contribution in [0.4, 0.5) is 0 Å². The van der Waals surface area contributed by atoms with Crippen molar-refractivity contribution in [2.45, 2.75) is 34.6 Å². The normalized spacial score (nSPS) is 11.4. The number of aliphatic hydroxyl groups excluding tert-OH is 1. The SMILES string of the molecule is CC(=O)/C=C(/C)O.Cc1ccc2c(n1)oc1c(-c3cc4cc(-c5c(C)cccc5C)oc4cn3)[c-]ccc12.[Ir]. The van der Waals surface area contributed by atoms with E-state index in [1.807, 2.05) is 31.2 Å². The number of aromatic nitrogens is 2. The van der Waals surface area contributed by atoms with E-state index >= 15 is 0 Å². The molecule has 7 heteroatoms. The summed E-state index contributed by atoms with van der Waals surface area (Å²) < 4.78 is 12.3. The minimum absolute atomic E-state index is 0. The average Bonchev–Trinajstić information content (AvgIpc) is 3.43. The summed E-state index contributed by atoms with van der Waals surface area (Å²) in [7, 11) is 0. The number of fused-ring (bicyclic) bond motifs is 4. The maximum Gasteiger partial charge on any atom is 0.216 e. The molecule has 6 nitrogen and oxygen atoms in total. The number of ketones is 1. The van der Waals surface area contributed by atoms with Crippen LogP contribution in [0.3, 0.4) is 0 Å². The second-order valence-corrected chi connectivity index (χ2v) is 9.38. The van der Waals surface area contributed by atoms with Gasteiger partial charge in [0, 0.05) is 48.2 Å². The van der Waals surface area contributed by atoms with Crippen molar-refractivity contribution in [1.82, 2.24) is 9.97 Å². The molecule has 0 unspecified atom stereocenters. The average molecular weight is 696 g/mol. The summed E-state index contributed by atoms with van der Waals surface area (Å²) in [5.74, 6) is 0.794. The van der Waals surface area contributed by atoms with Crippen LogP contribution >= 0.6 is 0 Å². The fraction of sp³-hybridized carbons (Fsp3) is 0.156. The molecule has 0 amide bonds. The zero-order valence-corrected chi connectivity index (χ0v) is 24.6. The van der Waals surface area contributed by atoms with Gasteiger partial charge in [-0.3, -0.25) is 4.79 Å². The van der Waals surface area contributed by atoms with E-state index in [9.17, 15) is 4.79 Å². The summed E-state index contributed by atoms with van der Waals surface area (Å²) in [4.78, 5) is 19.2. The molecule has 0 saturated heterocycles. The maximum absolute atomic E-state index is 10.0. The number of hydrogen-bond donors (Lipinski definition) is 1. The number of carbonyl (C=O) groups is 1. The number of aryl methyl sites for hydroxylation is 3. The van der Waals surface area contributed by atoms with Crippen molar-refractivity contribution in [2.75, 3.05) is 0 Å². The first-order chi connectivity index (χ1) is 18.2. The third kappa shape index (κ3) is 5.70. The molecule has 6 aromatic rings. The predicted molar refractivity (Wildman–Crippen MR) is 150 cm³/mol. The molecule has 4 aromatic heterocycles. The maximum atomic E-state index is 10.0. The van der Waals surface area contributed by atoms with E-state index in [1.54, 1.807) is 6.20 Å². The Hall–Kier alpha value is -4.06. The van der Waals surface area contributed by atoms with Crippen LogP contribution in [0.1, 0.15) is 30.7 Å². The van der Waals surface area contributed by atoms with E-state index in [0.717, 1.165) is 55.6 Å². The van der Waals surface area contributed by atoms with E-state index < -0.39 is 0 Å². The number of pyridine rings is 2. The van der Waals surface area contributed by atoms with Crippen molar-refractivity contribution >= 4 is 38.8 Å². The van der Waals surface area contributed by atoms with Crippen molar-refractivity contribution in [3.63, 3.8) is 0 Å². The summed E-state index contributed by atoms with van der Waals surface area (Å²) in [5.41, 5.74) is 8.20. The summed E-state index contributed by atoms with van der Waals surface area (Å²) >= 11 is 0. The van der Waals surface area contributed by atoms with Crippen molar-refractivity contribution in [3.8, 4) is 22.6 Å². The number of furan rings is 2. The molecule has 1 N–H and O–H groups in total. The van der Waals surface area contributed by atoms with Gasteiger partial charge in [-0.05, 0) is 69.6 Å². The molecule has 0 fully saturated rings. The Balaban J connectivity index is 0.000000394. The molecule has 0 atom stereocenters. The van der Waals surface area contributed by atoms with Gasteiger partial charge in [-0.15, -0.1) is 18.2 Å². The molecule has 0 aliphatic heterocycles. The van der Waals surface area contributed by atoms with Crippen LogP contribution in [0, 0.1) is 26.8 Å². The van der Waals surface area contributed by atoms with Crippen LogP contribution < -0.4 is 0 Å². The number of carbonyl (C=O) groups excluding carboxylic acids is 1. The fourth-order valence-electron chi connectivity index (χ4n) is 4.61. The fourth-order valence-corrected chi connectivity index (χ4v) is 4.61. The number of aliphatic hydroxyl groups is 1. The molecule has 199 valence electrons. The number of benzene rings is 2. The summed E-state index contributed by atoms with van der Waals surface area (Å²) in [6.07, 6.45) is 2.94. The second kappa shape index (κ2) is 11.4. The predicted octanol–water partition coefficient (Wildman–Crippen LogP) is 8.22. The zero-order chi connectivity index (χ0) is 27.0. The van der Waals surface area contributed by atoms with Crippen LogP contribution in [0.15, 0.2) is 81.5 Å². The van der Waals surface area contributed by atoms with E-state index in [-0.39, 0.29) is 31.6 Å². The standard InChI is InChI=1S/C27H19N2O2.C5H8O2.Ir/c1-15-6-4-7-16(2)25(15)23-13-18-12-22(28-14-24(18)30-23)21-9-5-8-19-20-11-10-17(3)29-27(20)31-26(19)21;1-4(6)3-5(2)7;/h4-8,10-14H,1-3H3;3,6H,1-2H3;/q-1;;/b;4-3-;. The molecule has 0 aliphatic carbocycles. The van der Waals surface area contributed by atoms with Crippen LogP contribution in [0.25, 0.3) is 55.6 Å². The van der Waals surface area contributed by atoms with Crippen molar-refractivity contribution in [2.24, 2.45) is 0 Å². The van der Waals surface area contributed by atoms with E-state index in [1.165, 1.54) is 31.1 Å².